The van der Waals surface area contributed by atoms with Gasteiger partial charge in [0.2, 0.25) is 0 Å². The first-order chi connectivity index (χ1) is 9.72. The van der Waals surface area contributed by atoms with Crippen LogP contribution in [0.4, 0.5) is 11.4 Å². The van der Waals surface area contributed by atoms with Crippen molar-refractivity contribution in [3.63, 3.8) is 0 Å². The molecule has 2 rings (SSSR count). The van der Waals surface area contributed by atoms with Crippen molar-refractivity contribution in [1.82, 2.24) is 9.55 Å². The van der Waals surface area contributed by atoms with Crippen LogP contribution < -0.4 is 11.1 Å². The van der Waals surface area contributed by atoms with Crippen molar-refractivity contribution in [1.29, 1.82) is 0 Å². The summed E-state index contributed by atoms with van der Waals surface area (Å²) in [7, 11) is 1.36. The summed E-state index contributed by atoms with van der Waals surface area (Å²) in [5, 5.41) is 3.20. The van der Waals surface area contributed by atoms with Gasteiger partial charge in [0.25, 0.3) is 0 Å². The number of hydrogen-bond acceptors (Lipinski definition) is 5. The summed E-state index contributed by atoms with van der Waals surface area (Å²) in [5.74, 6) is -0.394. The predicted molar refractivity (Wildman–Crippen MR) is 77.5 cm³/mol. The number of esters is 1. The molecule has 0 fully saturated rings. The number of aromatic nitrogens is 2. The Labute approximate surface area is 117 Å². The molecule has 0 saturated heterocycles. The van der Waals surface area contributed by atoms with Gasteiger partial charge < -0.3 is 20.4 Å². The second kappa shape index (κ2) is 6.60. The summed E-state index contributed by atoms with van der Waals surface area (Å²) in [6, 6.07) is 5.18. The van der Waals surface area contributed by atoms with Gasteiger partial charge in [-0.05, 0) is 18.6 Å². The van der Waals surface area contributed by atoms with E-state index in [1.165, 1.54) is 7.11 Å². The van der Waals surface area contributed by atoms with Crippen LogP contribution in [0.5, 0.6) is 0 Å². The van der Waals surface area contributed by atoms with Gasteiger partial charge in [-0.1, -0.05) is 6.07 Å². The highest BCUT2D eigenvalue weighted by Gasteiger charge is 2.13. The van der Waals surface area contributed by atoms with E-state index in [4.69, 9.17) is 10.5 Å². The zero-order valence-corrected chi connectivity index (χ0v) is 11.4. The van der Waals surface area contributed by atoms with Crippen molar-refractivity contribution >= 4 is 17.3 Å². The molecule has 0 spiro atoms. The average molecular weight is 274 g/mol. The maximum atomic E-state index is 11.7. The number of ether oxygens (including phenoxy) is 1. The normalized spacial score (nSPS) is 10.2. The van der Waals surface area contributed by atoms with Crippen LogP contribution in [-0.4, -0.2) is 29.2 Å². The Bertz CT molecular complexity index is 567. The van der Waals surface area contributed by atoms with E-state index >= 15 is 0 Å². The first-order valence-electron chi connectivity index (χ1n) is 6.39. The summed E-state index contributed by atoms with van der Waals surface area (Å²) in [6.07, 6.45) is 6.33. The Morgan fingerprint density at radius 1 is 1.50 bits per heavy atom. The van der Waals surface area contributed by atoms with Crippen molar-refractivity contribution in [2.45, 2.75) is 13.0 Å². The van der Waals surface area contributed by atoms with E-state index < -0.39 is 5.97 Å². The zero-order valence-electron chi connectivity index (χ0n) is 11.4. The Morgan fingerprint density at radius 3 is 3.05 bits per heavy atom. The van der Waals surface area contributed by atoms with Gasteiger partial charge in [0, 0.05) is 25.5 Å². The number of anilines is 2. The molecule has 6 heteroatoms. The van der Waals surface area contributed by atoms with E-state index in [-0.39, 0.29) is 0 Å². The fraction of sp³-hybridized carbons (Fsp3) is 0.286. The first kappa shape index (κ1) is 13.9. The zero-order chi connectivity index (χ0) is 14.4. The predicted octanol–water partition coefficient (Wildman–Crippen LogP) is 1.75. The molecule has 3 N–H and O–H groups in total. The lowest BCUT2D eigenvalue weighted by atomic mass is 10.1. The highest BCUT2D eigenvalue weighted by molar-refractivity contribution is 5.98. The lowest BCUT2D eigenvalue weighted by Gasteiger charge is -2.13. The van der Waals surface area contributed by atoms with E-state index in [0.29, 0.717) is 23.5 Å². The molecule has 6 nitrogen and oxygen atoms in total. The lowest BCUT2D eigenvalue weighted by Crippen LogP contribution is -2.12. The summed E-state index contributed by atoms with van der Waals surface area (Å²) in [4.78, 5) is 15.7. The smallest absolute Gasteiger partial charge is 0.340 e. The van der Waals surface area contributed by atoms with E-state index in [2.05, 4.69) is 10.3 Å². The Morgan fingerprint density at radius 2 is 2.35 bits per heavy atom. The number of nitrogens with zero attached hydrogens (tertiary/aromatic N) is 2. The molecule has 1 aromatic heterocycles. The highest BCUT2D eigenvalue weighted by atomic mass is 16.5. The number of para-hydroxylation sites is 1. The molecule has 0 aliphatic carbocycles. The topological polar surface area (TPSA) is 82.2 Å². The minimum Gasteiger partial charge on any atom is -0.465 e. The second-order valence-corrected chi connectivity index (χ2v) is 4.34. The van der Waals surface area contributed by atoms with Gasteiger partial charge in [-0.3, -0.25) is 0 Å². The van der Waals surface area contributed by atoms with Crippen molar-refractivity contribution in [2.24, 2.45) is 0 Å². The number of hydrogen-bond donors (Lipinski definition) is 2. The standard InChI is InChI=1S/C14H18N4O2/c1-20-14(19)11-4-2-5-12(15)13(11)17-6-3-8-18-9-7-16-10-18/h2,4-5,7,9-10,17H,3,6,8,15H2,1H3. The largest absolute Gasteiger partial charge is 0.465 e. The Hall–Kier alpha value is -2.50. The van der Waals surface area contributed by atoms with Crippen LogP contribution in [0.25, 0.3) is 0 Å². The molecule has 0 aliphatic rings. The SMILES string of the molecule is COC(=O)c1cccc(N)c1NCCCn1ccnc1. The maximum absolute atomic E-state index is 11.7. The molecule has 0 atom stereocenters. The molecule has 0 bridgehead atoms. The number of aryl methyl sites for hydroxylation is 1. The van der Waals surface area contributed by atoms with Crippen LogP contribution in [0.2, 0.25) is 0 Å². The van der Waals surface area contributed by atoms with Crippen molar-refractivity contribution < 1.29 is 9.53 Å². The number of imidazole rings is 1. The fourth-order valence-electron chi connectivity index (χ4n) is 1.94. The third-order valence-electron chi connectivity index (χ3n) is 2.96. The summed E-state index contributed by atoms with van der Waals surface area (Å²) in [6.45, 7) is 1.56. The number of benzene rings is 1. The highest BCUT2D eigenvalue weighted by Crippen LogP contribution is 2.24. The molecule has 0 radical (unpaired) electrons. The molecular weight excluding hydrogens is 256 g/mol. The van der Waals surface area contributed by atoms with Crippen LogP contribution in [-0.2, 0) is 11.3 Å². The van der Waals surface area contributed by atoms with E-state index in [9.17, 15) is 4.79 Å². The van der Waals surface area contributed by atoms with Crippen molar-refractivity contribution in [3.8, 4) is 0 Å². The number of rotatable bonds is 6. The molecule has 0 amide bonds. The van der Waals surface area contributed by atoms with E-state index in [1.54, 1.807) is 30.7 Å². The summed E-state index contributed by atoms with van der Waals surface area (Å²) >= 11 is 0. The molecule has 2 aromatic rings. The van der Waals surface area contributed by atoms with Crippen LogP contribution in [0.1, 0.15) is 16.8 Å². The number of methoxy groups -OCH3 is 1. The maximum Gasteiger partial charge on any atom is 0.340 e. The van der Waals surface area contributed by atoms with Gasteiger partial charge >= 0.3 is 5.97 Å². The van der Waals surface area contributed by atoms with E-state index in [1.807, 2.05) is 10.8 Å². The van der Waals surface area contributed by atoms with Crippen LogP contribution in [0.3, 0.4) is 0 Å². The minimum absolute atomic E-state index is 0.394. The third kappa shape index (κ3) is 3.28. The van der Waals surface area contributed by atoms with Crippen LogP contribution >= 0.6 is 0 Å². The fourth-order valence-corrected chi connectivity index (χ4v) is 1.94. The third-order valence-corrected chi connectivity index (χ3v) is 2.96. The van der Waals surface area contributed by atoms with Gasteiger partial charge in [-0.2, -0.15) is 0 Å². The molecule has 1 aromatic carbocycles. The molecule has 20 heavy (non-hydrogen) atoms. The van der Waals surface area contributed by atoms with Crippen LogP contribution in [0, 0.1) is 0 Å². The molecule has 1 heterocycles. The first-order valence-corrected chi connectivity index (χ1v) is 6.39. The summed E-state index contributed by atoms with van der Waals surface area (Å²) in [5.41, 5.74) is 7.53. The Kier molecular flexibility index (Phi) is 4.60. The van der Waals surface area contributed by atoms with Gasteiger partial charge in [0.15, 0.2) is 0 Å². The number of nitrogens with one attached hydrogen (secondary N) is 1. The number of carbonyl (C=O) groups excluding carboxylic acids is 1. The monoisotopic (exact) mass is 274 g/mol. The quantitative estimate of drug-likeness (QED) is 0.476. The van der Waals surface area contributed by atoms with Gasteiger partial charge in [-0.15, -0.1) is 0 Å². The van der Waals surface area contributed by atoms with Gasteiger partial charge in [0.1, 0.15) is 0 Å². The van der Waals surface area contributed by atoms with Gasteiger partial charge in [0.05, 0.1) is 30.4 Å². The second-order valence-electron chi connectivity index (χ2n) is 4.34. The number of nitrogen functional groups attached to an aromatic ring is 1. The minimum atomic E-state index is -0.394. The van der Waals surface area contributed by atoms with Gasteiger partial charge in [-0.25, -0.2) is 9.78 Å². The molecule has 0 aliphatic heterocycles. The molecular formula is C14H18N4O2. The average Bonchev–Trinajstić information content (AvgIpc) is 2.97. The molecule has 106 valence electrons. The van der Waals surface area contributed by atoms with Crippen molar-refractivity contribution in [3.05, 3.63) is 42.5 Å². The van der Waals surface area contributed by atoms with Crippen molar-refractivity contribution in [2.75, 3.05) is 24.7 Å². The number of carbonyl (C=O) groups is 1. The lowest BCUT2D eigenvalue weighted by molar-refractivity contribution is 0.0602. The molecule has 0 unspecified atom stereocenters. The van der Waals surface area contributed by atoms with E-state index in [0.717, 1.165) is 13.0 Å². The summed E-state index contributed by atoms with van der Waals surface area (Å²) < 4.78 is 6.75. The van der Waals surface area contributed by atoms with Crippen LogP contribution in [0.15, 0.2) is 36.9 Å². The molecule has 0 saturated carbocycles. The number of nitrogens with two attached hydrogens (primary N) is 1. The Balaban J connectivity index is 1.96.